The Morgan fingerprint density at radius 2 is 1.76 bits per heavy atom. The van der Waals surface area contributed by atoms with Crippen LogP contribution < -0.4 is 9.47 Å². The van der Waals surface area contributed by atoms with Gasteiger partial charge in [-0.3, -0.25) is 9.69 Å². The lowest BCUT2D eigenvalue weighted by molar-refractivity contribution is -0.135. The third-order valence-electron chi connectivity index (χ3n) is 4.73. The van der Waals surface area contributed by atoms with Gasteiger partial charge in [-0.25, -0.2) is 4.98 Å². The highest BCUT2D eigenvalue weighted by Crippen LogP contribution is 2.22. The van der Waals surface area contributed by atoms with Crippen LogP contribution in [-0.2, 0) is 11.3 Å². The molecule has 0 spiro atoms. The van der Waals surface area contributed by atoms with E-state index in [1.807, 2.05) is 17.0 Å². The number of ether oxygens (including phenoxy) is 2. The number of benzene rings is 1. The van der Waals surface area contributed by atoms with E-state index in [1.54, 1.807) is 47.9 Å². The van der Waals surface area contributed by atoms with Gasteiger partial charge in [-0.2, -0.15) is 0 Å². The van der Waals surface area contributed by atoms with Gasteiger partial charge >= 0.3 is 0 Å². The minimum absolute atomic E-state index is 0.0228. The summed E-state index contributed by atoms with van der Waals surface area (Å²) in [6.45, 7) is 4.27. The zero-order chi connectivity index (χ0) is 19.9. The van der Waals surface area contributed by atoms with E-state index in [-0.39, 0.29) is 12.5 Å². The van der Waals surface area contributed by atoms with Crippen molar-refractivity contribution in [1.29, 1.82) is 0 Å². The first-order chi connectivity index (χ1) is 14.3. The Bertz CT molecular complexity index is 893. The number of hydrogen-bond donors (Lipinski definition) is 0. The molecule has 150 valence electrons. The second-order valence-electron chi connectivity index (χ2n) is 6.77. The Kier molecular flexibility index (Phi) is 6.38. The Hall–Kier alpha value is -2.90. The van der Waals surface area contributed by atoms with Gasteiger partial charge in [-0.15, -0.1) is 11.3 Å². The van der Waals surface area contributed by atoms with Crippen LogP contribution in [0.3, 0.4) is 0 Å². The maximum atomic E-state index is 12.5. The molecule has 3 aromatic rings. The molecule has 29 heavy (non-hydrogen) atoms. The van der Waals surface area contributed by atoms with Gasteiger partial charge in [0.25, 0.3) is 5.91 Å². The number of nitrogens with zero attached hydrogens (tertiary/aromatic N) is 3. The number of carbonyl (C=O) groups is 1. The molecule has 0 atom stereocenters. The molecule has 0 unspecified atom stereocenters. The van der Waals surface area contributed by atoms with Gasteiger partial charge in [0.05, 0.1) is 0 Å². The van der Waals surface area contributed by atoms with Crippen LogP contribution in [0.25, 0.3) is 0 Å². The van der Waals surface area contributed by atoms with Crippen molar-refractivity contribution in [2.45, 2.75) is 6.54 Å². The van der Waals surface area contributed by atoms with Crippen molar-refractivity contribution in [3.05, 3.63) is 71.1 Å². The highest BCUT2D eigenvalue weighted by Gasteiger charge is 2.21. The molecule has 1 fully saturated rings. The molecule has 1 saturated heterocycles. The van der Waals surface area contributed by atoms with E-state index in [1.165, 1.54) is 4.88 Å². The summed E-state index contributed by atoms with van der Waals surface area (Å²) >= 11 is 1.78. The van der Waals surface area contributed by atoms with Crippen molar-refractivity contribution in [2.75, 3.05) is 32.8 Å². The fourth-order valence-electron chi connectivity index (χ4n) is 3.15. The molecule has 1 aromatic carbocycles. The van der Waals surface area contributed by atoms with Gasteiger partial charge in [-0.1, -0.05) is 12.1 Å². The molecule has 1 aliphatic rings. The number of carbonyl (C=O) groups excluding carboxylic acids is 1. The van der Waals surface area contributed by atoms with Crippen LogP contribution in [0.15, 0.2) is 66.2 Å². The monoisotopic (exact) mass is 409 g/mol. The van der Waals surface area contributed by atoms with Gasteiger partial charge < -0.3 is 14.4 Å². The molecular formula is C22H23N3O3S. The summed E-state index contributed by atoms with van der Waals surface area (Å²) in [7, 11) is 0. The lowest BCUT2D eigenvalue weighted by Crippen LogP contribution is -2.49. The number of rotatable bonds is 7. The Morgan fingerprint density at radius 1 is 0.966 bits per heavy atom. The van der Waals surface area contributed by atoms with Crippen molar-refractivity contribution < 1.29 is 14.3 Å². The second kappa shape index (κ2) is 9.54. The molecule has 6 nitrogen and oxygen atoms in total. The fraction of sp³-hybridized carbons (Fsp3) is 0.273. The smallest absolute Gasteiger partial charge is 0.260 e. The zero-order valence-corrected chi connectivity index (χ0v) is 16.9. The summed E-state index contributed by atoms with van der Waals surface area (Å²) in [5, 5.41) is 2.10. The van der Waals surface area contributed by atoms with E-state index < -0.39 is 0 Å². The van der Waals surface area contributed by atoms with E-state index in [0.717, 1.165) is 32.7 Å². The van der Waals surface area contributed by atoms with Crippen molar-refractivity contribution in [3.63, 3.8) is 0 Å². The second-order valence-corrected chi connectivity index (χ2v) is 7.80. The number of pyridine rings is 1. The Balaban J connectivity index is 1.20. The van der Waals surface area contributed by atoms with Crippen molar-refractivity contribution in [2.24, 2.45) is 0 Å². The van der Waals surface area contributed by atoms with E-state index in [0.29, 0.717) is 17.4 Å². The normalized spacial score (nSPS) is 14.6. The van der Waals surface area contributed by atoms with E-state index in [9.17, 15) is 4.79 Å². The topological polar surface area (TPSA) is 54.9 Å². The predicted molar refractivity (Wildman–Crippen MR) is 112 cm³/mol. The average molecular weight is 410 g/mol. The third-order valence-corrected chi connectivity index (χ3v) is 5.59. The van der Waals surface area contributed by atoms with Crippen molar-refractivity contribution in [1.82, 2.24) is 14.8 Å². The molecule has 0 bridgehead atoms. The summed E-state index contributed by atoms with van der Waals surface area (Å²) < 4.78 is 11.3. The van der Waals surface area contributed by atoms with Crippen LogP contribution in [0.5, 0.6) is 17.4 Å². The highest BCUT2D eigenvalue weighted by atomic mass is 32.1. The van der Waals surface area contributed by atoms with Gasteiger partial charge in [0.2, 0.25) is 5.88 Å². The molecular weight excluding hydrogens is 386 g/mol. The first-order valence-electron chi connectivity index (χ1n) is 9.60. The SMILES string of the molecule is O=C(COc1ccc(Oc2ccccn2)cc1)N1CCN(Cc2cccs2)CC1. The Labute approximate surface area is 174 Å². The van der Waals surface area contributed by atoms with Crippen LogP contribution in [0.2, 0.25) is 0 Å². The number of hydrogen-bond acceptors (Lipinski definition) is 6. The average Bonchev–Trinajstić information content (AvgIpc) is 3.27. The maximum Gasteiger partial charge on any atom is 0.260 e. The number of thiophene rings is 1. The molecule has 0 saturated carbocycles. The summed E-state index contributed by atoms with van der Waals surface area (Å²) in [4.78, 5) is 22.2. The quantitative estimate of drug-likeness (QED) is 0.596. The largest absolute Gasteiger partial charge is 0.484 e. The van der Waals surface area contributed by atoms with Crippen LogP contribution >= 0.6 is 11.3 Å². The van der Waals surface area contributed by atoms with Crippen molar-refractivity contribution >= 4 is 17.2 Å². The zero-order valence-electron chi connectivity index (χ0n) is 16.1. The molecule has 3 heterocycles. The molecule has 0 aliphatic carbocycles. The van der Waals surface area contributed by atoms with Crippen LogP contribution in [0.1, 0.15) is 4.88 Å². The Morgan fingerprint density at radius 3 is 2.45 bits per heavy atom. The van der Waals surface area contributed by atoms with Gasteiger partial charge in [0, 0.05) is 49.9 Å². The molecule has 1 amide bonds. The van der Waals surface area contributed by atoms with E-state index >= 15 is 0 Å². The number of piperazine rings is 1. The van der Waals surface area contributed by atoms with E-state index in [2.05, 4.69) is 27.4 Å². The molecule has 4 rings (SSSR count). The summed E-state index contributed by atoms with van der Waals surface area (Å²) in [5.41, 5.74) is 0. The van der Waals surface area contributed by atoms with Gasteiger partial charge in [0.15, 0.2) is 6.61 Å². The van der Waals surface area contributed by atoms with Crippen LogP contribution in [0.4, 0.5) is 0 Å². The standard InChI is InChI=1S/C22H23N3O3S/c26-22(25-13-11-24(12-14-25)16-20-4-3-15-29-20)17-27-18-6-8-19(9-7-18)28-21-5-1-2-10-23-21/h1-10,15H,11-14,16-17H2. The lowest BCUT2D eigenvalue weighted by atomic mass is 10.3. The minimum Gasteiger partial charge on any atom is -0.484 e. The fourth-order valence-corrected chi connectivity index (χ4v) is 3.89. The first-order valence-corrected chi connectivity index (χ1v) is 10.5. The maximum absolute atomic E-state index is 12.5. The first kappa shape index (κ1) is 19.4. The molecule has 2 aromatic heterocycles. The van der Waals surface area contributed by atoms with Crippen molar-refractivity contribution in [3.8, 4) is 17.4 Å². The molecule has 0 N–H and O–H groups in total. The third kappa shape index (κ3) is 5.56. The molecule has 1 aliphatic heterocycles. The van der Waals surface area contributed by atoms with E-state index in [4.69, 9.17) is 9.47 Å². The molecule has 7 heteroatoms. The van der Waals surface area contributed by atoms with Crippen LogP contribution in [0, 0.1) is 0 Å². The molecule has 0 radical (unpaired) electrons. The van der Waals surface area contributed by atoms with Gasteiger partial charge in [-0.05, 0) is 41.8 Å². The summed E-state index contributed by atoms with van der Waals surface area (Å²) in [6.07, 6.45) is 1.68. The predicted octanol–water partition coefficient (Wildman–Crippen LogP) is 3.66. The van der Waals surface area contributed by atoms with Crippen LogP contribution in [-0.4, -0.2) is 53.5 Å². The highest BCUT2D eigenvalue weighted by molar-refractivity contribution is 7.09. The van der Waals surface area contributed by atoms with Gasteiger partial charge in [0.1, 0.15) is 11.5 Å². The number of aromatic nitrogens is 1. The summed E-state index contributed by atoms with van der Waals surface area (Å²) in [6, 6.07) is 16.9. The lowest BCUT2D eigenvalue weighted by Gasteiger charge is -2.34. The summed E-state index contributed by atoms with van der Waals surface area (Å²) in [5.74, 6) is 1.87. The number of amides is 1. The minimum atomic E-state index is 0.0228.